The quantitative estimate of drug-likeness (QED) is 0.507. The van der Waals surface area contributed by atoms with Gasteiger partial charge in [-0.05, 0) is 51.1 Å². The van der Waals surface area contributed by atoms with Gasteiger partial charge in [-0.2, -0.15) is 5.10 Å². The molecule has 32 heavy (non-hydrogen) atoms. The lowest BCUT2D eigenvalue weighted by Crippen LogP contribution is -2.31. The molecular weight excluding hydrogens is 407 g/mol. The van der Waals surface area contributed by atoms with Crippen LogP contribution in [-0.2, 0) is 16.6 Å². The summed E-state index contributed by atoms with van der Waals surface area (Å²) in [6.07, 6.45) is 0.223. The van der Waals surface area contributed by atoms with Crippen LogP contribution in [0.15, 0.2) is 30.3 Å². The molecule has 2 heterocycles. The highest BCUT2D eigenvalue weighted by Crippen LogP contribution is 2.30. The molecule has 0 bridgehead atoms. The second-order valence-corrected chi connectivity index (χ2v) is 8.90. The fourth-order valence-corrected chi connectivity index (χ4v) is 3.69. The maximum absolute atomic E-state index is 13.0. The maximum Gasteiger partial charge on any atom is 0.227 e. The number of aromatic nitrogens is 3. The summed E-state index contributed by atoms with van der Waals surface area (Å²) in [5.74, 6) is 0.648. The van der Waals surface area contributed by atoms with Crippen LogP contribution in [0.4, 0.5) is 4.39 Å². The van der Waals surface area contributed by atoms with Crippen LogP contribution in [-0.4, -0.2) is 51.8 Å². The lowest BCUT2D eigenvalue weighted by Gasteiger charge is -2.20. The molecule has 0 N–H and O–H groups in total. The molecule has 0 fully saturated rings. The van der Waals surface area contributed by atoms with E-state index in [1.54, 1.807) is 12.1 Å². The van der Waals surface area contributed by atoms with Crippen molar-refractivity contribution in [1.82, 2.24) is 19.5 Å². The van der Waals surface area contributed by atoms with E-state index in [1.807, 2.05) is 48.4 Å². The number of ether oxygens (including phenoxy) is 1. The first-order valence-electron chi connectivity index (χ1n) is 11.2. The van der Waals surface area contributed by atoms with Crippen molar-refractivity contribution in [2.75, 3.05) is 26.4 Å². The summed E-state index contributed by atoms with van der Waals surface area (Å²) in [7, 11) is 0. The molecule has 0 saturated heterocycles. The summed E-state index contributed by atoms with van der Waals surface area (Å²) in [4.78, 5) is 19.8. The third-order valence-corrected chi connectivity index (χ3v) is 5.55. The van der Waals surface area contributed by atoms with Crippen molar-refractivity contribution >= 4 is 11.6 Å². The average Bonchev–Trinajstić information content (AvgIpc) is 3.12. The topological polar surface area (TPSA) is 59.7 Å². The van der Waals surface area contributed by atoms with Gasteiger partial charge >= 0.3 is 0 Å². The third kappa shape index (κ3) is 4.92. The minimum Gasteiger partial charge on any atom is -0.491 e. The molecule has 0 aliphatic carbocycles. The number of likely N-dealkylation sites (N-methyl/N-ethyl adjacent to an activating group) is 1. The van der Waals surface area contributed by atoms with Gasteiger partial charge in [0.1, 0.15) is 19.0 Å². The van der Waals surface area contributed by atoms with E-state index < -0.39 is 6.67 Å². The van der Waals surface area contributed by atoms with Crippen molar-refractivity contribution in [3.05, 3.63) is 47.3 Å². The molecule has 0 saturated carbocycles. The van der Waals surface area contributed by atoms with Gasteiger partial charge in [-0.1, -0.05) is 20.8 Å². The van der Waals surface area contributed by atoms with E-state index in [0.29, 0.717) is 24.5 Å². The molecule has 0 unspecified atom stereocenters. The van der Waals surface area contributed by atoms with Crippen molar-refractivity contribution in [2.24, 2.45) is 0 Å². The van der Waals surface area contributed by atoms with E-state index in [-0.39, 0.29) is 24.3 Å². The Morgan fingerprint density at radius 2 is 1.81 bits per heavy atom. The van der Waals surface area contributed by atoms with Crippen molar-refractivity contribution < 1.29 is 13.9 Å². The fraction of sp³-hybridized carbons (Fsp3) is 0.480. The van der Waals surface area contributed by atoms with Gasteiger partial charge in [0, 0.05) is 35.3 Å². The summed E-state index contributed by atoms with van der Waals surface area (Å²) in [5.41, 5.74) is 4.90. The second kappa shape index (κ2) is 9.67. The third-order valence-electron chi connectivity index (χ3n) is 5.55. The molecule has 0 spiro atoms. The number of rotatable bonds is 8. The highest BCUT2D eigenvalue weighted by Gasteiger charge is 2.24. The minimum atomic E-state index is -0.535. The zero-order chi connectivity index (χ0) is 23.5. The number of hydrogen-bond donors (Lipinski definition) is 0. The molecule has 0 aliphatic rings. The van der Waals surface area contributed by atoms with Gasteiger partial charge in [-0.15, -0.1) is 0 Å². The molecule has 2 aromatic heterocycles. The van der Waals surface area contributed by atoms with Gasteiger partial charge in [-0.3, -0.25) is 4.79 Å². The Hall–Kier alpha value is -2.96. The predicted octanol–water partition coefficient (Wildman–Crippen LogP) is 4.76. The number of amides is 1. The van der Waals surface area contributed by atoms with Gasteiger partial charge in [0.15, 0.2) is 5.65 Å². The molecule has 1 aromatic carbocycles. The molecule has 6 nitrogen and oxygen atoms in total. The van der Waals surface area contributed by atoms with Crippen molar-refractivity contribution in [2.45, 2.75) is 53.4 Å². The van der Waals surface area contributed by atoms with Crippen LogP contribution in [0.1, 0.15) is 51.6 Å². The number of alkyl halides is 1. The van der Waals surface area contributed by atoms with E-state index in [0.717, 1.165) is 28.2 Å². The molecular formula is C25H33FN4O2. The van der Waals surface area contributed by atoms with Crippen molar-refractivity contribution in [1.29, 1.82) is 0 Å². The Morgan fingerprint density at radius 3 is 2.38 bits per heavy atom. The van der Waals surface area contributed by atoms with E-state index in [1.165, 1.54) is 0 Å². The van der Waals surface area contributed by atoms with Gasteiger partial charge in [0.25, 0.3) is 0 Å². The Balaban J connectivity index is 2.16. The van der Waals surface area contributed by atoms with Crippen LogP contribution in [0, 0.1) is 6.92 Å². The summed E-state index contributed by atoms with van der Waals surface area (Å²) in [6, 6.07) is 9.42. The molecule has 3 rings (SSSR count). The molecule has 172 valence electrons. The number of nitrogens with zero attached hydrogens (tertiary/aromatic N) is 4. The SMILES string of the molecule is CCN(CC)C(=O)Cc1c(-c2ccc(OCCF)cc2)nn2c(C)cc(C(C)(C)C)nc12. The van der Waals surface area contributed by atoms with Gasteiger partial charge < -0.3 is 9.64 Å². The van der Waals surface area contributed by atoms with Crippen LogP contribution in [0.5, 0.6) is 5.75 Å². The molecule has 0 radical (unpaired) electrons. The number of aryl methyl sites for hydroxylation is 1. The standard InChI is InChI=1S/C25H33FN4O2/c1-7-29(8-2)22(31)16-20-23(18-9-11-19(12-10-18)32-14-13-26)28-30-17(3)15-21(25(4,5)6)27-24(20)30/h9-12,15H,7-8,13-14,16H2,1-6H3. The number of carbonyl (C=O) groups is 1. The number of fused-ring (bicyclic) bond motifs is 1. The zero-order valence-corrected chi connectivity index (χ0v) is 19.9. The Bertz CT molecular complexity index is 1080. The fourth-order valence-electron chi connectivity index (χ4n) is 3.69. The number of carbonyl (C=O) groups excluding carboxylic acids is 1. The summed E-state index contributed by atoms with van der Waals surface area (Å²) >= 11 is 0. The number of halogens is 1. The first kappa shape index (κ1) is 23.7. The summed E-state index contributed by atoms with van der Waals surface area (Å²) in [6.45, 7) is 13.1. The Kier molecular flexibility index (Phi) is 7.16. The smallest absolute Gasteiger partial charge is 0.227 e. The van der Waals surface area contributed by atoms with E-state index in [4.69, 9.17) is 14.8 Å². The van der Waals surface area contributed by atoms with Crippen molar-refractivity contribution in [3.63, 3.8) is 0 Å². The molecule has 7 heteroatoms. The maximum atomic E-state index is 13.0. The highest BCUT2D eigenvalue weighted by molar-refractivity contribution is 5.84. The average molecular weight is 441 g/mol. The minimum absolute atomic E-state index is 0.0238. The molecule has 0 aliphatic heterocycles. The second-order valence-electron chi connectivity index (χ2n) is 8.90. The zero-order valence-electron chi connectivity index (χ0n) is 19.9. The highest BCUT2D eigenvalue weighted by atomic mass is 19.1. The predicted molar refractivity (Wildman–Crippen MR) is 125 cm³/mol. The van der Waals surface area contributed by atoms with Crippen LogP contribution in [0.3, 0.4) is 0 Å². The largest absolute Gasteiger partial charge is 0.491 e. The van der Waals surface area contributed by atoms with Crippen LogP contribution < -0.4 is 4.74 Å². The van der Waals surface area contributed by atoms with Crippen LogP contribution in [0.25, 0.3) is 16.9 Å². The first-order chi connectivity index (χ1) is 15.2. The first-order valence-corrected chi connectivity index (χ1v) is 11.2. The van der Waals surface area contributed by atoms with E-state index in [2.05, 4.69) is 20.8 Å². The number of hydrogen-bond acceptors (Lipinski definition) is 4. The van der Waals surface area contributed by atoms with E-state index in [9.17, 15) is 9.18 Å². The summed E-state index contributed by atoms with van der Waals surface area (Å²) in [5, 5.41) is 4.84. The van der Waals surface area contributed by atoms with Gasteiger partial charge in [0.2, 0.25) is 5.91 Å². The normalized spacial score (nSPS) is 11.7. The molecule has 1 amide bonds. The van der Waals surface area contributed by atoms with Gasteiger partial charge in [-0.25, -0.2) is 13.9 Å². The lowest BCUT2D eigenvalue weighted by molar-refractivity contribution is -0.130. The van der Waals surface area contributed by atoms with Crippen LogP contribution >= 0.6 is 0 Å². The Morgan fingerprint density at radius 1 is 1.16 bits per heavy atom. The van der Waals surface area contributed by atoms with Gasteiger partial charge in [0.05, 0.1) is 17.8 Å². The monoisotopic (exact) mass is 440 g/mol. The Labute approximate surface area is 189 Å². The summed E-state index contributed by atoms with van der Waals surface area (Å²) < 4.78 is 19.6. The van der Waals surface area contributed by atoms with E-state index >= 15 is 0 Å². The van der Waals surface area contributed by atoms with Crippen molar-refractivity contribution in [3.8, 4) is 17.0 Å². The lowest BCUT2D eigenvalue weighted by atomic mass is 9.91. The molecule has 0 atom stereocenters. The van der Waals surface area contributed by atoms with Crippen LogP contribution in [0.2, 0.25) is 0 Å². The number of benzene rings is 1. The molecule has 3 aromatic rings.